The second-order valence-corrected chi connectivity index (χ2v) is 4.96. The van der Waals surface area contributed by atoms with Crippen LogP contribution in [-0.4, -0.2) is 9.97 Å². The molecule has 2 aromatic heterocycles. The number of aromatic nitrogens is 2. The highest BCUT2D eigenvalue weighted by Crippen LogP contribution is 2.20. The van der Waals surface area contributed by atoms with Crippen LogP contribution in [0, 0.1) is 0 Å². The maximum atomic E-state index is 6.29. The summed E-state index contributed by atoms with van der Waals surface area (Å²) in [5.74, 6) is 0. The van der Waals surface area contributed by atoms with Crippen LogP contribution in [0.2, 0.25) is 0 Å². The second kappa shape index (κ2) is 5.80. The summed E-state index contributed by atoms with van der Waals surface area (Å²) in [6, 6.07) is 14.4. The minimum Gasteiger partial charge on any atom is -0.324 e. The Balaban J connectivity index is 1.73. The zero-order valence-electron chi connectivity index (χ0n) is 11.2. The lowest BCUT2D eigenvalue weighted by atomic mass is 9.99. The van der Waals surface area contributed by atoms with Crippen LogP contribution in [0.4, 0.5) is 0 Å². The van der Waals surface area contributed by atoms with Gasteiger partial charge in [-0.1, -0.05) is 24.3 Å². The van der Waals surface area contributed by atoms with E-state index < -0.39 is 0 Å². The molecule has 3 heteroatoms. The predicted octanol–water partition coefficient (Wildman–Crippen LogP) is 3.26. The number of fused-ring (bicyclic) bond motifs is 1. The Labute approximate surface area is 118 Å². The highest BCUT2D eigenvalue weighted by molar-refractivity contribution is 5.78. The van der Waals surface area contributed by atoms with Crippen LogP contribution >= 0.6 is 0 Å². The Morgan fingerprint density at radius 1 is 1.05 bits per heavy atom. The van der Waals surface area contributed by atoms with Crippen molar-refractivity contribution in [1.29, 1.82) is 0 Å². The van der Waals surface area contributed by atoms with Crippen LogP contribution in [0.1, 0.15) is 23.6 Å². The second-order valence-electron chi connectivity index (χ2n) is 4.96. The van der Waals surface area contributed by atoms with E-state index in [9.17, 15) is 0 Å². The summed E-state index contributed by atoms with van der Waals surface area (Å²) in [6.45, 7) is 0. The summed E-state index contributed by atoms with van der Waals surface area (Å²) in [4.78, 5) is 8.50. The molecule has 0 saturated heterocycles. The molecule has 20 heavy (non-hydrogen) atoms. The lowest BCUT2D eigenvalue weighted by molar-refractivity contribution is 0.651. The van der Waals surface area contributed by atoms with Crippen molar-refractivity contribution in [3.05, 3.63) is 72.2 Å². The van der Waals surface area contributed by atoms with E-state index >= 15 is 0 Å². The monoisotopic (exact) mass is 263 g/mol. The van der Waals surface area contributed by atoms with Gasteiger partial charge in [0.15, 0.2) is 0 Å². The lowest BCUT2D eigenvalue weighted by Crippen LogP contribution is -2.11. The quantitative estimate of drug-likeness (QED) is 0.786. The van der Waals surface area contributed by atoms with Gasteiger partial charge in [0.25, 0.3) is 0 Å². The number of hydrogen-bond acceptors (Lipinski definition) is 3. The summed E-state index contributed by atoms with van der Waals surface area (Å²) < 4.78 is 0. The van der Waals surface area contributed by atoms with E-state index in [1.807, 2.05) is 24.5 Å². The number of pyridine rings is 2. The van der Waals surface area contributed by atoms with Crippen molar-refractivity contribution >= 4 is 10.9 Å². The van der Waals surface area contributed by atoms with Gasteiger partial charge >= 0.3 is 0 Å². The molecule has 0 aliphatic heterocycles. The smallest absolute Gasteiger partial charge is 0.0705 e. The first-order chi connectivity index (χ1) is 9.83. The van der Waals surface area contributed by atoms with E-state index in [4.69, 9.17) is 5.73 Å². The first-order valence-corrected chi connectivity index (χ1v) is 6.82. The number of hydrogen-bond donors (Lipinski definition) is 1. The molecule has 0 saturated carbocycles. The summed E-state index contributed by atoms with van der Waals surface area (Å²) in [6.07, 6.45) is 7.35. The van der Waals surface area contributed by atoms with Crippen LogP contribution < -0.4 is 5.73 Å². The van der Waals surface area contributed by atoms with Crippen molar-refractivity contribution in [2.75, 3.05) is 0 Å². The fraction of sp³-hybridized carbons (Fsp3) is 0.176. The Morgan fingerprint density at radius 3 is 2.80 bits per heavy atom. The Kier molecular flexibility index (Phi) is 3.70. The molecule has 0 aliphatic rings. The van der Waals surface area contributed by atoms with Gasteiger partial charge in [-0.05, 0) is 42.2 Å². The average Bonchev–Trinajstić information content (AvgIpc) is 2.53. The van der Waals surface area contributed by atoms with E-state index in [1.54, 1.807) is 6.20 Å². The molecular weight excluding hydrogens is 246 g/mol. The largest absolute Gasteiger partial charge is 0.324 e. The third-order valence-electron chi connectivity index (χ3n) is 3.52. The fourth-order valence-electron chi connectivity index (χ4n) is 2.35. The van der Waals surface area contributed by atoms with Crippen LogP contribution in [0.25, 0.3) is 10.9 Å². The number of rotatable bonds is 4. The molecule has 3 nitrogen and oxygen atoms in total. The van der Waals surface area contributed by atoms with E-state index in [2.05, 4.69) is 40.3 Å². The van der Waals surface area contributed by atoms with E-state index in [0.717, 1.165) is 29.3 Å². The molecule has 0 bridgehead atoms. The molecule has 2 heterocycles. The molecule has 2 N–H and O–H groups in total. The molecule has 3 rings (SSSR count). The van der Waals surface area contributed by atoms with Crippen molar-refractivity contribution in [2.24, 2.45) is 5.73 Å². The lowest BCUT2D eigenvalue weighted by Gasteiger charge is -2.12. The summed E-state index contributed by atoms with van der Waals surface area (Å²) in [5.41, 5.74) is 9.65. The summed E-state index contributed by atoms with van der Waals surface area (Å²) in [7, 11) is 0. The molecule has 0 spiro atoms. The molecular formula is C17H17N3. The first kappa shape index (κ1) is 12.8. The Morgan fingerprint density at radius 2 is 1.95 bits per heavy atom. The number of nitrogens with zero attached hydrogens (tertiary/aromatic N) is 2. The predicted molar refractivity (Wildman–Crippen MR) is 81.2 cm³/mol. The van der Waals surface area contributed by atoms with Crippen LogP contribution in [-0.2, 0) is 6.42 Å². The normalized spacial score (nSPS) is 12.4. The molecule has 0 radical (unpaired) electrons. The van der Waals surface area contributed by atoms with E-state index in [1.165, 1.54) is 5.56 Å². The van der Waals surface area contributed by atoms with Gasteiger partial charge in [0.2, 0.25) is 0 Å². The Bertz CT molecular complexity index is 695. The van der Waals surface area contributed by atoms with Gasteiger partial charge < -0.3 is 5.73 Å². The van der Waals surface area contributed by atoms with E-state index in [0.29, 0.717) is 0 Å². The molecule has 0 aliphatic carbocycles. The SMILES string of the molecule is NC(CCc1cccnc1)c1ccc2cccnc2c1. The molecule has 0 fully saturated rings. The van der Waals surface area contributed by atoms with Gasteiger partial charge in [0.05, 0.1) is 5.52 Å². The minimum absolute atomic E-state index is 0.0293. The molecule has 3 aromatic rings. The number of nitrogens with two attached hydrogens (primary N) is 1. The van der Waals surface area contributed by atoms with Crippen molar-refractivity contribution in [3.8, 4) is 0 Å². The van der Waals surface area contributed by atoms with Crippen molar-refractivity contribution in [3.63, 3.8) is 0 Å². The van der Waals surface area contributed by atoms with Gasteiger partial charge in [-0.25, -0.2) is 0 Å². The highest BCUT2D eigenvalue weighted by Gasteiger charge is 2.07. The molecule has 1 aromatic carbocycles. The fourth-order valence-corrected chi connectivity index (χ4v) is 2.35. The summed E-state index contributed by atoms with van der Waals surface area (Å²) >= 11 is 0. The van der Waals surface area contributed by atoms with Gasteiger partial charge in [0.1, 0.15) is 0 Å². The number of benzene rings is 1. The van der Waals surface area contributed by atoms with Crippen molar-refractivity contribution < 1.29 is 0 Å². The standard InChI is InChI=1S/C17H17N3/c18-16(8-5-13-3-1-9-19-12-13)15-7-6-14-4-2-10-20-17(14)11-15/h1-4,6-7,9-12,16H,5,8,18H2. The molecule has 1 atom stereocenters. The highest BCUT2D eigenvalue weighted by atomic mass is 14.7. The van der Waals surface area contributed by atoms with Crippen LogP contribution in [0.5, 0.6) is 0 Å². The minimum atomic E-state index is 0.0293. The van der Waals surface area contributed by atoms with Crippen LogP contribution in [0.15, 0.2) is 61.1 Å². The first-order valence-electron chi connectivity index (χ1n) is 6.82. The molecule has 100 valence electrons. The number of aryl methyl sites for hydroxylation is 1. The van der Waals surface area contributed by atoms with Crippen molar-refractivity contribution in [1.82, 2.24) is 9.97 Å². The third kappa shape index (κ3) is 2.83. The van der Waals surface area contributed by atoms with Gasteiger partial charge in [-0.2, -0.15) is 0 Å². The topological polar surface area (TPSA) is 51.8 Å². The van der Waals surface area contributed by atoms with Gasteiger partial charge in [-0.15, -0.1) is 0 Å². The maximum Gasteiger partial charge on any atom is 0.0705 e. The zero-order valence-corrected chi connectivity index (χ0v) is 11.2. The van der Waals surface area contributed by atoms with Crippen LogP contribution in [0.3, 0.4) is 0 Å². The maximum absolute atomic E-state index is 6.29. The van der Waals surface area contributed by atoms with Gasteiger partial charge in [0, 0.05) is 30.0 Å². The van der Waals surface area contributed by atoms with E-state index in [-0.39, 0.29) is 6.04 Å². The molecule has 0 amide bonds. The summed E-state index contributed by atoms with van der Waals surface area (Å²) in [5, 5.41) is 1.15. The third-order valence-corrected chi connectivity index (χ3v) is 3.52. The van der Waals surface area contributed by atoms with Gasteiger partial charge in [-0.3, -0.25) is 9.97 Å². The Hall–Kier alpha value is -2.26. The molecule has 1 unspecified atom stereocenters. The average molecular weight is 263 g/mol. The van der Waals surface area contributed by atoms with Crippen molar-refractivity contribution in [2.45, 2.75) is 18.9 Å². The zero-order chi connectivity index (χ0) is 13.8.